The summed E-state index contributed by atoms with van der Waals surface area (Å²) in [5, 5.41) is 2.78. The number of amides is 3. The smallest absolute Gasteiger partial charge is 0.323 e. The van der Waals surface area contributed by atoms with Crippen molar-refractivity contribution in [2.45, 2.75) is 13.0 Å². The van der Waals surface area contributed by atoms with Gasteiger partial charge in [0, 0.05) is 25.8 Å². The van der Waals surface area contributed by atoms with Crippen molar-refractivity contribution >= 4 is 17.8 Å². The molecule has 0 saturated carbocycles. The van der Waals surface area contributed by atoms with Gasteiger partial charge in [-0.3, -0.25) is 15.0 Å². The number of primary amides is 1. The zero-order valence-electron chi connectivity index (χ0n) is 13.5. The first-order chi connectivity index (χ1) is 10.9. The first-order valence-corrected chi connectivity index (χ1v) is 7.51. The maximum Gasteiger partial charge on any atom is 0.323 e. The average molecular weight is 321 g/mol. The first-order valence-electron chi connectivity index (χ1n) is 7.51. The number of hydrogen-bond acceptors (Lipinski definition) is 5. The third kappa shape index (κ3) is 5.50. The molecule has 0 unspecified atom stereocenters. The molecule has 1 aliphatic heterocycles. The van der Waals surface area contributed by atoms with Gasteiger partial charge in [0.1, 0.15) is 5.82 Å². The molecule has 1 aromatic rings. The average Bonchev–Trinajstić information content (AvgIpc) is 2.49. The minimum Gasteiger partial charge on any atom is -0.373 e. The molecule has 23 heavy (non-hydrogen) atoms. The molecule has 8 nitrogen and oxygen atoms in total. The quantitative estimate of drug-likeness (QED) is 0.797. The number of hydrogen-bond donors (Lipinski definition) is 2. The van der Waals surface area contributed by atoms with Crippen LogP contribution in [0, 0.1) is 6.92 Å². The van der Waals surface area contributed by atoms with E-state index >= 15 is 0 Å². The van der Waals surface area contributed by atoms with Crippen LogP contribution in [0.5, 0.6) is 0 Å². The number of likely N-dealkylation sites (N-methyl/N-ethyl adjacent to an activating group) is 1. The van der Waals surface area contributed by atoms with Gasteiger partial charge in [-0.25, -0.2) is 9.78 Å². The second-order valence-electron chi connectivity index (χ2n) is 5.75. The molecule has 0 radical (unpaired) electrons. The SMILES string of the molecule is Cc1ccc(NC(=O)N2CCO[C@H](CN(C)CC(N)=O)C2)nc1. The van der Waals surface area contributed by atoms with Crippen molar-refractivity contribution in [2.75, 3.05) is 45.2 Å². The van der Waals surface area contributed by atoms with Gasteiger partial charge in [-0.05, 0) is 25.6 Å². The lowest BCUT2D eigenvalue weighted by molar-refractivity contribution is -0.119. The summed E-state index contributed by atoms with van der Waals surface area (Å²) in [5.74, 6) is 0.137. The molecular formula is C15H23N5O3. The van der Waals surface area contributed by atoms with E-state index in [2.05, 4.69) is 10.3 Å². The topological polar surface area (TPSA) is 101 Å². The Bertz CT molecular complexity index is 549. The number of aromatic nitrogens is 1. The summed E-state index contributed by atoms with van der Waals surface area (Å²) in [7, 11) is 1.79. The molecule has 1 fully saturated rings. The van der Waals surface area contributed by atoms with Gasteiger partial charge in [0.05, 0.1) is 19.3 Å². The van der Waals surface area contributed by atoms with E-state index in [9.17, 15) is 9.59 Å². The van der Waals surface area contributed by atoms with Gasteiger partial charge >= 0.3 is 6.03 Å². The molecule has 8 heteroatoms. The van der Waals surface area contributed by atoms with Crippen molar-refractivity contribution in [1.82, 2.24) is 14.8 Å². The molecule has 126 valence electrons. The fraction of sp³-hybridized carbons (Fsp3) is 0.533. The molecule has 1 aromatic heterocycles. The summed E-state index contributed by atoms with van der Waals surface area (Å²) < 4.78 is 5.65. The van der Waals surface area contributed by atoms with Gasteiger partial charge in [-0.1, -0.05) is 6.07 Å². The van der Waals surface area contributed by atoms with Crippen molar-refractivity contribution in [3.63, 3.8) is 0 Å². The Morgan fingerprint density at radius 1 is 1.52 bits per heavy atom. The molecule has 1 aliphatic rings. The Kier molecular flexibility index (Phi) is 5.89. The van der Waals surface area contributed by atoms with E-state index in [1.165, 1.54) is 0 Å². The van der Waals surface area contributed by atoms with Gasteiger partial charge in [0.15, 0.2) is 0 Å². The third-order valence-corrected chi connectivity index (χ3v) is 3.51. The van der Waals surface area contributed by atoms with Gasteiger partial charge in [-0.2, -0.15) is 0 Å². The maximum atomic E-state index is 12.3. The molecule has 0 spiro atoms. The molecule has 3 N–H and O–H groups in total. The lowest BCUT2D eigenvalue weighted by atomic mass is 10.2. The summed E-state index contributed by atoms with van der Waals surface area (Å²) in [6, 6.07) is 3.46. The molecule has 2 rings (SSSR count). The van der Waals surface area contributed by atoms with Crippen molar-refractivity contribution in [3.05, 3.63) is 23.9 Å². The molecular weight excluding hydrogens is 298 g/mol. The van der Waals surface area contributed by atoms with Crippen LogP contribution < -0.4 is 11.1 Å². The van der Waals surface area contributed by atoms with E-state index in [4.69, 9.17) is 10.5 Å². The summed E-state index contributed by atoms with van der Waals surface area (Å²) in [6.07, 6.45) is 1.56. The summed E-state index contributed by atoms with van der Waals surface area (Å²) in [4.78, 5) is 30.8. The predicted molar refractivity (Wildman–Crippen MR) is 86.0 cm³/mol. The normalized spacial score (nSPS) is 18.0. The Hall–Kier alpha value is -2.19. The van der Waals surface area contributed by atoms with Crippen LogP contribution in [0.4, 0.5) is 10.6 Å². The van der Waals surface area contributed by atoms with Crippen LogP contribution >= 0.6 is 0 Å². The van der Waals surface area contributed by atoms with Crippen molar-refractivity contribution in [2.24, 2.45) is 5.73 Å². The fourth-order valence-corrected chi connectivity index (χ4v) is 2.42. The molecule has 1 atom stereocenters. The zero-order valence-corrected chi connectivity index (χ0v) is 13.5. The lowest BCUT2D eigenvalue weighted by Crippen LogP contribution is -2.51. The van der Waals surface area contributed by atoms with Gasteiger partial charge in [0.25, 0.3) is 0 Å². The standard InChI is InChI=1S/C15H23N5O3/c1-11-3-4-14(17-7-11)18-15(22)20-5-6-23-12(9-20)8-19(2)10-13(16)21/h3-4,7,12H,5-6,8-10H2,1-2H3,(H2,16,21)(H,17,18,22)/t12-/m1/s1. The second kappa shape index (κ2) is 7.89. The highest BCUT2D eigenvalue weighted by atomic mass is 16.5. The highest BCUT2D eigenvalue weighted by molar-refractivity contribution is 5.88. The molecule has 3 amide bonds. The zero-order chi connectivity index (χ0) is 16.8. The van der Waals surface area contributed by atoms with E-state index in [0.29, 0.717) is 32.1 Å². The Morgan fingerprint density at radius 2 is 2.30 bits per heavy atom. The van der Waals surface area contributed by atoms with Crippen LogP contribution in [0.1, 0.15) is 5.56 Å². The van der Waals surface area contributed by atoms with Gasteiger partial charge in [-0.15, -0.1) is 0 Å². The highest BCUT2D eigenvalue weighted by Gasteiger charge is 2.25. The number of morpholine rings is 1. The van der Waals surface area contributed by atoms with Crippen molar-refractivity contribution in [1.29, 1.82) is 0 Å². The molecule has 0 aromatic carbocycles. The Morgan fingerprint density at radius 3 is 2.96 bits per heavy atom. The van der Waals surface area contributed by atoms with E-state index in [-0.39, 0.29) is 24.6 Å². The van der Waals surface area contributed by atoms with Gasteiger partial charge < -0.3 is 15.4 Å². The van der Waals surface area contributed by atoms with Crippen LogP contribution in [-0.4, -0.2) is 72.7 Å². The van der Waals surface area contributed by atoms with Crippen LogP contribution in [-0.2, 0) is 9.53 Å². The number of ether oxygens (including phenoxy) is 1. The molecule has 1 saturated heterocycles. The number of carbonyl (C=O) groups is 2. The number of rotatable bonds is 5. The maximum absolute atomic E-state index is 12.3. The van der Waals surface area contributed by atoms with Crippen LogP contribution in [0.25, 0.3) is 0 Å². The first kappa shape index (κ1) is 17.2. The van der Waals surface area contributed by atoms with Crippen molar-refractivity contribution < 1.29 is 14.3 Å². The largest absolute Gasteiger partial charge is 0.373 e. The van der Waals surface area contributed by atoms with E-state index in [1.807, 2.05) is 13.0 Å². The number of urea groups is 1. The minimum atomic E-state index is -0.386. The fourth-order valence-electron chi connectivity index (χ4n) is 2.42. The number of aryl methyl sites for hydroxylation is 1. The Labute approximate surface area is 135 Å². The molecule has 0 aliphatic carbocycles. The van der Waals surface area contributed by atoms with Gasteiger partial charge in [0.2, 0.25) is 5.91 Å². The lowest BCUT2D eigenvalue weighted by Gasteiger charge is -2.34. The van der Waals surface area contributed by atoms with E-state index < -0.39 is 0 Å². The predicted octanol–water partition coefficient (Wildman–Crippen LogP) is 0.0398. The van der Waals surface area contributed by atoms with Crippen molar-refractivity contribution in [3.8, 4) is 0 Å². The monoisotopic (exact) mass is 321 g/mol. The summed E-state index contributed by atoms with van der Waals surface area (Å²) >= 11 is 0. The molecule has 2 heterocycles. The number of nitrogens with zero attached hydrogens (tertiary/aromatic N) is 3. The van der Waals surface area contributed by atoms with Crippen LogP contribution in [0.3, 0.4) is 0 Å². The van der Waals surface area contributed by atoms with Crippen LogP contribution in [0.2, 0.25) is 0 Å². The minimum absolute atomic E-state index is 0.148. The molecule has 0 bridgehead atoms. The second-order valence-corrected chi connectivity index (χ2v) is 5.75. The summed E-state index contributed by atoms with van der Waals surface area (Å²) in [5.41, 5.74) is 6.20. The van der Waals surface area contributed by atoms with E-state index in [0.717, 1.165) is 5.56 Å². The Balaban J connectivity index is 1.86. The van der Waals surface area contributed by atoms with E-state index in [1.54, 1.807) is 29.1 Å². The summed E-state index contributed by atoms with van der Waals surface area (Å²) in [6.45, 7) is 4.08. The third-order valence-electron chi connectivity index (χ3n) is 3.51. The number of nitrogens with two attached hydrogens (primary N) is 1. The highest BCUT2D eigenvalue weighted by Crippen LogP contribution is 2.10. The number of pyridine rings is 1. The van der Waals surface area contributed by atoms with Crippen LogP contribution in [0.15, 0.2) is 18.3 Å². The number of anilines is 1. The number of nitrogens with one attached hydrogen (secondary N) is 1. The number of carbonyl (C=O) groups excluding carboxylic acids is 2.